The third-order valence-corrected chi connectivity index (χ3v) is 3.26. The largest absolute Gasteiger partial charge is 0.489 e. The summed E-state index contributed by atoms with van der Waals surface area (Å²) in [6.45, 7) is 3.10. The van der Waals surface area contributed by atoms with E-state index in [0.717, 1.165) is 17.7 Å². The van der Waals surface area contributed by atoms with Gasteiger partial charge in [-0.1, -0.05) is 49.4 Å². The lowest BCUT2D eigenvalue weighted by Crippen LogP contribution is -2.38. The van der Waals surface area contributed by atoms with Gasteiger partial charge >= 0.3 is 0 Å². The summed E-state index contributed by atoms with van der Waals surface area (Å²) in [5.74, 6) is 0.865. The molecule has 4 heteroatoms. The second kappa shape index (κ2) is 8.85. The zero-order valence-electron chi connectivity index (χ0n) is 12.8. The van der Waals surface area contributed by atoms with Gasteiger partial charge in [0.1, 0.15) is 12.4 Å². The van der Waals surface area contributed by atoms with Gasteiger partial charge < -0.3 is 4.74 Å². The number of carbonyl (C=O) groups is 1. The molecule has 0 aromatic heterocycles. The van der Waals surface area contributed by atoms with E-state index in [-0.39, 0.29) is 5.91 Å². The zero-order valence-corrected chi connectivity index (χ0v) is 12.8. The minimum atomic E-state index is 0.00431. The van der Waals surface area contributed by atoms with Gasteiger partial charge in [0.15, 0.2) is 0 Å². The maximum atomic E-state index is 11.1. The first-order valence-electron chi connectivity index (χ1n) is 7.55. The summed E-state index contributed by atoms with van der Waals surface area (Å²) < 4.78 is 5.75. The van der Waals surface area contributed by atoms with Gasteiger partial charge in [-0.25, -0.2) is 5.43 Å². The normalized spacial score (nSPS) is 10.2. The first-order chi connectivity index (χ1) is 10.8. The van der Waals surface area contributed by atoms with Crippen molar-refractivity contribution in [1.82, 2.24) is 10.9 Å². The van der Waals surface area contributed by atoms with E-state index in [4.69, 9.17) is 4.74 Å². The number of carbonyl (C=O) groups excluding carboxylic acids is 1. The Morgan fingerprint density at radius 3 is 2.41 bits per heavy atom. The van der Waals surface area contributed by atoms with Crippen LogP contribution >= 0.6 is 0 Å². The van der Waals surface area contributed by atoms with Gasteiger partial charge in [0.25, 0.3) is 0 Å². The van der Waals surface area contributed by atoms with Gasteiger partial charge in [-0.05, 0) is 29.7 Å². The fraction of sp³-hybridized carbons (Fsp3) is 0.278. The molecule has 0 heterocycles. The third kappa shape index (κ3) is 5.58. The fourth-order valence-corrected chi connectivity index (χ4v) is 1.95. The van der Waals surface area contributed by atoms with Crippen LogP contribution in [0.15, 0.2) is 54.6 Å². The molecule has 0 saturated heterocycles. The molecule has 1 amide bonds. The number of nitrogens with one attached hydrogen (secondary N) is 2. The number of rotatable bonds is 8. The highest BCUT2D eigenvalue weighted by atomic mass is 16.5. The summed E-state index contributed by atoms with van der Waals surface area (Å²) in [4.78, 5) is 11.1. The van der Waals surface area contributed by atoms with Crippen LogP contribution in [0.2, 0.25) is 0 Å². The Morgan fingerprint density at radius 2 is 1.73 bits per heavy atom. The van der Waals surface area contributed by atoms with Crippen LogP contribution in [0.25, 0.3) is 0 Å². The van der Waals surface area contributed by atoms with Crippen LogP contribution in [0.5, 0.6) is 5.75 Å². The maximum Gasteiger partial charge on any atom is 0.233 e. The molecular formula is C18H22N2O2. The van der Waals surface area contributed by atoms with Crippen molar-refractivity contribution in [3.05, 3.63) is 65.7 Å². The highest BCUT2D eigenvalue weighted by Gasteiger charge is 1.98. The summed E-state index contributed by atoms with van der Waals surface area (Å²) in [5, 5.41) is 0. The Bertz CT molecular complexity index is 567. The molecule has 2 aromatic rings. The Balaban J connectivity index is 1.72. The quantitative estimate of drug-likeness (QED) is 0.582. The van der Waals surface area contributed by atoms with Crippen molar-refractivity contribution in [1.29, 1.82) is 0 Å². The van der Waals surface area contributed by atoms with Crippen LogP contribution in [0, 0.1) is 0 Å². The molecule has 0 bridgehead atoms. The van der Waals surface area contributed by atoms with Crippen LogP contribution in [-0.4, -0.2) is 12.5 Å². The molecule has 0 aliphatic heterocycles. The molecular weight excluding hydrogens is 276 g/mol. The summed E-state index contributed by atoms with van der Waals surface area (Å²) in [6, 6.07) is 18.1. The molecule has 0 aliphatic carbocycles. The Kier molecular flexibility index (Phi) is 6.45. The molecule has 2 N–H and O–H groups in total. The van der Waals surface area contributed by atoms with Gasteiger partial charge in [-0.15, -0.1) is 0 Å². The van der Waals surface area contributed by atoms with Crippen LogP contribution in [0.4, 0.5) is 0 Å². The lowest BCUT2D eigenvalue weighted by atomic mass is 10.1. The van der Waals surface area contributed by atoms with Gasteiger partial charge in [-0.2, -0.15) is 0 Å². The van der Waals surface area contributed by atoms with Crippen molar-refractivity contribution in [2.75, 3.05) is 6.54 Å². The third-order valence-electron chi connectivity index (χ3n) is 3.26. The number of benzene rings is 2. The fourth-order valence-electron chi connectivity index (χ4n) is 1.95. The predicted molar refractivity (Wildman–Crippen MR) is 87.4 cm³/mol. The Labute approximate surface area is 131 Å². The van der Waals surface area contributed by atoms with Crippen molar-refractivity contribution in [3.8, 4) is 5.75 Å². The molecule has 2 aromatic carbocycles. The standard InChI is InChI=1S/C18H22N2O2/c1-2-18(21)20-19-13-12-15-8-10-17(11-9-15)22-14-16-6-4-3-5-7-16/h3-11,19H,2,12-14H2,1H3,(H,20,21). The van der Waals surface area contributed by atoms with Crippen LogP contribution in [0.3, 0.4) is 0 Å². The van der Waals surface area contributed by atoms with E-state index in [0.29, 0.717) is 19.6 Å². The summed E-state index contributed by atoms with van der Waals surface area (Å²) in [5.41, 5.74) is 7.91. The summed E-state index contributed by atoms with van der Waals surface area (Å²) >= 11 is 0. The van der Waals surface area contributed by atoms with Gasteiger partial charge in [0.2, 0.25) is 5.91 Å². The lowest BCUT2D eigenvalue weighted by molar-refractivity contribution is -0.121. The van der Waals surface area contributed by atoms with Crippen LogP contribution in [-0.2, 0) is 17.8 Å². The average molecular weight is 298 g/mol. The molecule has 0 atom stereocenters. The maximum absolute atomic E-state index is 11.1. The Hall–Kier alpha value is -2.33. The number of hydrogen-bond donors (Lipinski definition) is 2. The average Bonchev–Trinajstić information content (AvgIpc) is 2.58. The number of amides is 1. The molecule has 4 nitrogen and oxygen atoms in total. The van der Waals surface area contributed by atoms with E-state index >= 15 is 0 Å². The van der Waals surface area contributed by atoms with Crippen molar-refractivity contribution >= 4 is 5.91 Å². The van der Waals surface area contributed by atoms with Crippen molar-refractivity contribution in [3.63, 3.8) is 0 Å². The molecule has 0 spiro atoms. The van der Waals surface area contributed by atoms with E-state index in [1.54, 1.807) is 0 Å². The SMILES string of the molecule is CCC(=O)NNCCc1ccc(OCc2ccccc2)cc1. The summed E-state index contributed by atoms with van der Waals surface area (Å²) in [7, 11) is 0. The minimum absolute atomic E-state index is 0.00431. The van der Waals surface area contributed by atoms with E-state index < -0.39 is 0 Å². The lowest BCUT2D eigenvalue weighted by Gasteiger charge is -2.08. The minimum Gasteiger partial charge on any atom is -0.489 e. The second-order valence-electron chi connectivity index (χ2n) is 5.00. The van der Waals surface area contributed by atoms with Gasteiger partial charge in [0.05, 0.1) is 0 Å². The highest BCUT2D eigenvalue weighted by Crippen LogP contribution is 2.14. The molecule has 0 radical (unpaired) electrons. The predicted octanol–water partition coefficient (Wildman–Crippen LogP) is 2.84. The van der Waals surface area contributed by atoms with Crippen molar-refractivity contribution < 1.29 is 9.53 Å². The Morgan fingerprint density at radius 1 is 1.00 bits per heavy atom. The summed E-state index contributed by atoms with van der Waals surface area (Å²) in [6.07, 6.45) is 1.34. The molecule has 0 saturated carbocycles. The van der Waals surface area contributed by atoms with Crippen molar-refractivity contribution in [2.24, 2.45) is 0 Å². The zero-order chi connectivity index (χ0) is 15.6. The van der Waals surface area contributed by atoms with Gasteiger partial charge in [-0.3, -0.25) is 10.2 Å². The topological polar surface area (TPSA) is 50.4 Å². The van der Waals surface area contributed by atoms with E-state index in [2.05, 4.69) is 10.9 Å². The van der Waals surface area contributed by atoms with E-state index in [9.17, 15) is 4.79 Å². The first-order valence-corrected chi connectivity index (χ1v) is 7.55. The highest BCUT2D eigenvalue weighted by molar-refractivity contribution is 5.74. The molecule has 0 unspecified atom stereocenters. The van der Waals surface area contributed by atoms with E-state index in [1.165, 1.54) is 5.56 Å². The smallest absolute Gasteiger partial charge is 0.233 e. The van der Waals surface area contributed by atoms with E-state index in [1.807, 2.05) is 61.5 Å². The number of hydrogen-bond acceptors (Lipinski definition) is 3. The number of hydrazine groups is 1. The van der Waals surface area contributed by atoms with Crippen molar-refractivity contribution in [2.45, 2.75) is 26.4 Å². The first kappa shape index (κ1) is 16.0. The molecule has 22 heavy (non-hydrogen) atoms. The van der Waals surface area contributed by atoms with Gasteiger partial charge in [0, 0.05) is 13.0 Å². The number of ether oxygens (including phenoxy) is 1. The monoisotopic (exact) mass is 298 g/mol. The molecule has 2 rings (SSSR count). The van der Waals surface area contributed by atoms with Crippen LogP contribution in [0.1, 0.15) is 24.5 Å². The molecule has 0 aliphatic rings. The van der Waals surface area contributed by atoms with Crippen LogP contribution < -0.4 is 15.6 Å². The second-order valence-corrected chi connectivity index (χ2v) is 5.00. The molecule has 0 fully saturated rings. The molecule has 116 valence electrons.